The van der Waals surface area contributed by atoms with E-state index in [1.165, 1.54) is 12.1 Å². The van der Waals surface area contributed by atoms with Crippen molar-refractivity contribution in [1.82, 2.24) is 15.5 Å². The lowest BCUT2D eigenvalue weighted by molar-refractivity contribution is -0.137. The number of H-pyrrole nitrogens is 1. The molecule has 2 aromatic carbocycles. The van der Waals surface area contributed by atoms with Crippen molar-refractivity contribution < 1.29 is 18.0 Å². The smallest absolute Gasteiger partial charge is 0.352 e. The predicted molar refractivity (Wildman–Crippen MR) is 91.0 cm³/mol. The fourth-order valence-corrected chi connectivity index (χ4v) is 2.48. The number of carbonyl (C=O) groups excluding carboxylic acids is 1. The van der Waals surface area contributed by atoms with Crippen molar-refractivity contribution in [1.29, 1.82) is 0 Å². The van der Waals surface area contributed by atoms with E-state index < -0.39 is 11.7 Å². The maximum absolute atomic E-state index is 12.5. The van der Waals surface area contributed by atoms with Crippen LogP contribution in [0.2, 0.25) is 0 Å². The summed E-state index contributed by atoms with van der Waals surface area (Å²) in [7, 11) is 0. The highest BCUT2D eigenvalue weighted by Gasteiger charge is 2.29. The number of halogens is 3. The summed E-state index contributed by atoms with van der Waals surface area (Å²) in [5.74, 6) is -0.248. The fraction of sp³-hybridized carbons (Fsp3) is 0.158. The van der Waals surface area contributed by atoms with Gasteiger partial charge in [0, 0.05) is 12.7 Å². The Kier molecular flexibility index (Phi) is 5.06. The summed E-state index contributed by atoms with van der Waals surface area (Å²) in [6, 6.07) is 14.1. The molecule has 4 nitrogen and oxygen atoms in total. The van der Waals surface area contributed by atoms with E-state index in [4.69, 9.17) is 0 Å². The second kappa shape index (κ2) is 7.43. The highest BCUT2D eigenvalue weighted by molar-refractivity contribution is 5.78. The molecule has 0 unspecified atom stereocenters. The molecule has 0 aliphatic rings. The number of rotatable bonds is 5. The van der Waals surface area contributed by atoms with Crippen LogP contribution in [0.1, 0.15) is 16.7 Å². The minimum absolute atomic E-state index is 0.0321. The van der Waals surface area contributed by atoms with Gasteiger partial charge in [0.25, 0.3) is 0 Å². The molecule has 0 atom stereocenters. The fourth-order valence-electron chi connectivity index (χ4n) is 2.48. The Hall–Kier alpha value is -3.09. The standard InChI is InChI=1S/C19H16F3N3O/c20-19(21,22)16-7-3-13(4-8-16)11-18(26)23-12-14-1-5-15(6-2-14)17-9-10-24-25-17/h1-10H,11-12H2,(H,23,26)(H,24,25). The van der Waals surface area contributed by atoms with Gasteiger partial charge in [-0.05, 0) is 34.9 Å². The lowest BCUT2D eigenvalue weighted by Crippen LogP contribution is -2.24. The summed E-state index contributed by atoms with van der Waals surface area (Å²) in [6.45, 7) is 0.350. The monoisotopic (exact) mass is 359 g/mol. The zero-order chi connectivity index (χ0) is 18.6. The quantitative estimate of drug-likeness (QED) is 0.725. The molecule has 26 heavy (non-hydrogen) atoms. The molecule has 0 bridgehead atoms. The Morgan fingerprint density at radius 3 is 2.19 bits per heavy atom. The van der Waals surface area contributed by atoms with Crippen molar-refractivity contribution in [2.45, 2.75) is 19.1 Å². The van der Waals surface area contributed by atoms with Crippen LogP contribution in [0.3, 0.4) is 0 Å². The van der Waals surface area contributed by atoms with Crippen LogP contribution in [0.15, 0.2) is 60.8 Å². The van der Waals surface area contributed by atoms with Crippen LogP contribution in [-0.4, -0.2) is 16.1 Å². The lowest BCUT2D eigenvalue weighted by Gasteiger charge is -2.08. The maximum Gasteiger partial charge on any atom is 0.416 e. The Morgan fingerprint density at radius 1 is 0.962 bits per heavy atom. The molecule has 134 valence electrons. The van der Waals surface area contributed by atoms with Crippen LogP contribution in [-0.2, 0) is 23.9 Å². The molecule has 3 rings (SSSR count). The van der Waals surface area contributed by atoms with Gasteiger partial charge in [0.1, 0.15) is 0 Å². The van der Waals surface area contributed by atoms with Gasteiger partial charge in [0.05, 0.1) is 17.7 Å². The van der Waals surface area contributed by atoms with Crippen molar-refractivity contribution in [2.75, 3.05) is 0 Å². The predicted octanol–water partition coefficient (Wildman–Crippen LogP) is 3.95. The van der Waals surface area contributed by atoms with E-state index in [-0.39, 0.29) is 12.3 Å². The molecule has 3 aromatic rings. The van der Waals surface area contributed by atoms with E-state index in [1.54, 1.807) is 6.20 Å². The summed E-state index contributed by atoms with van der Waals surface area (Å²) in [6.07, 6.45) is -2.67. The molecule has 1 amide bonds. The van der Waals surface area contributed by atoms with Crippen LogP contribution >= 0.6 is 0 Å². The Balaban J connectivity index is 1.52. The van der Waals surface area contributed by atoms with E-state index in [1.807, 2.05) is 30.3 Å². The van der Waals surface area contributed by atoms with E-state index >= 15 is 0 Å². The van der Waals surface area contributed by atoms with Gasteiger partial charge in [0.15, 0.2) is 0 Å². The number of benzene rings is 2. The normalized spacial score (nSPS) is 11.3. The van der Waals surface area contributed by atoms with Gasteiger partial charge in [0.2, 0.25) is 5.91 Å². The number of aromatic nitrogens is 2. The first-order valence-corrected chi connectivity index (χ1v) is 7.93. The van der Waals surface area contributed by atoms with E-state index in [9.17, 15) is 18.0 Å². The van der Waals surface area contributed by atoms with Crippen LogP contribution < -0.4 is 5.32 Å². The largest absolute Gasteiger partial charge is 0.416 e. The summed E-state index contributed by atoms with van der Waals surface area (Å²) >= 11 is 0. The summed E-state index contributed by atoms with van der Waals surface area (Å²) in [4.78, 5) is 12.0. The Morgan fingerprint density at radius 2 is 1.62 bits per heavy atom. The van der Waals surface area contributed by atoms with E-state index in [0.717, 1.165) is 29.0 Å². The van der Waals surface area contributed by atoms with E-state index in [2.05, 4.69) is 15.5 Å². The van der Waals surface area contributed by atoms with Gasteiger partial charge in [-0.2, -0.15) is 18.3 Å². The maximum atomic E-state index is 12.5. The van der Waals surface area contributed by atoms with Crippen molar-refractivity contribution in [3.05, 3.63) is 77.5 Å². The topological polar surface area (TPSA) is 57.8 Å². The van der Waals surface area contributed by atoms with Crippen molar-refractivity contribution in [2.24, 2.45) is 0 Å². The number of aromatic amines is 1. The molecule has 0 fully saturated rings. The van der Waals surface area contributed by atoms with Gasteiger partial charge in [-0.15, -0.1) is 0 Å². The molecule has 0 radical (unpaired) electrons. The number of hydrogen-bond acceptors (Lipinski definition) is 2. The highest BCUT2D eigenvalue weighted by atomic mass is 19.4. The third-order valence-electron chi connectivity index (χ3n) is 3.90. The zero-order valence-corrected chi connectivity index (χ0v) is 13.7. The van der Waals surface area contributed by atoms with Crippen LogP contribution in [0.5, 0.6) is 0 Å². The first-order valence-electron chi connectivity index (χ1n) is 7.93. The average molecular weight is 359 g/mol. The molecule has 7 heteroatoms. The SMILES string of the molecule is O=C(Cc1ccc(C(F)(F)F)cc1)NCc1ccc(-c2ccn[nH]2)cc1. The van der Waals surface area contributed by atoms with Crippen molar-refractivity contribution in [3.63, 3.8) is 0 Å². The lowest BCUT2D eigenvalue weighted by atomic mass is 10.1. The van der Waals surface area contributed by atoms with Crippen molar-refractivity contribution in [3.8, 4) is 11.3 Å². The van der Waals surface area contributed by atoms with E-state index in [0.29, 0.717) is 12.1 Å². The van der Waals surface area contributed by atoms with Gasteiger partial charge >= 0.3 is 6.18 Å². The third-order valence-corrected chi connectivity index (χ3v) is 3.90. The highest BCUT2D eigenvalue weighted by Crippen LogP contribution is 2.29. The second-order valence-corrected chi connectivity index (χ2v) is 5.82. The van der Waals surface area contributed by atoms with Crippen LogP contribution in [0, 0.1) is 0 Å². The number of nitrogens with one attached hydrogen (secondary N) is 2. The molecule has 0 spiro atoms. The number of nitrogens with zero attached hydrogens (tertiary/aromatic N) is 1. The molecule has 0 aliphatic heterocycles. The van der Waals surface area contributed by atoms with Crippen LogP contribution in [0.25, 0.3) is 11.3 Å². The molecular weight excluding hydrogens is 343 g/mol. The Bertz CT molecular complexity index is 855. The minimum atomic E-state index is -4.37. The molecule has 2 N–H and O–H groups in total. The minimum Gasteiger partial charge on any atom is -0.352 e. The number of alkyl halides is 3. The molecule has 1 heterocycles. The van der Waals surface area contributed by atoms with Crippen molar-refractivity contribution >= 4 is 5.91 Å². The third kappa shape index (κ3) is 4.50. The summed E-state index contributed by atoms with van der Waals surface area (Å²) in [5, 5.41) is 9.53. The molecule has 0 aliphatic carbocycles. The molecule has 0 saturated carbocycles. The summed E-state index contributed by atoms with van der Waals surface area (Å²) < 4.78 is 37.6. The van der Waals surface area contributed by atoms with Gasteiger partial charge in [-0.25, -0.2) is 0 Å². The number of carbonyl (C=O) groups is 1. The van der Waals surface area contributed by atoms with Gasteiger partial charge < -0.3 is 5.32 Å². The zero-order valence-electron chi connectivity index (χ0n) is 13.7. The molecule has 0 saturated heterocycles. The first-order chi connectivity index (χ1) is 12.4. The second-order valence-electron chi connectivity index (χ2n) is 5.82. The average Bonchev–Trinajstić information content (AvgIpc) is 3.15. The van der Waals surface area contributed by atoms with Crippen LogP contribution in [0.4, 0.5) is 13.2 Å². The van der Waals surface area contributed by atoms with Gasteiger partial charge in [-0.1, -0.05) is 36.4 Å². The van der Waals surface area contributed by atoms with Gasteiger partial charge in [-0.3, -0.25) is 9.89 Å². The molecule has 1 aromatic heterocycles. The first kappa shape index (κ1) is 17.7. The Labute approximate surface area is 148 Å². The molecular formula is C19H16F3N3O. The number of hydrogen-bond donors (Lipinski definition) is 2. The number of amides is 1. The summed E-state index contributed by atoms with van der Waals surface area (Å²) in [5.41, 5.74) is 2.63.